The second-order valence-corrected chi connectivity index (χ2v) is 9.35. The molecule has 0 saturated carbocycles. The summed E-state index contributed by atoms with van der Waals surface area (Å²) < 4.78 is 0.949. The maximum Gasteiger partial charge on any atom is 0.271 e. The monoisotopic (exact) mass is 507 g/mol. The Labute approximate surface area is 200 Å². The fraction of sp³-hybridized carbons (Fsp3) is 0.160. The SMILES string of the molecule is O=C(N/N=C\c1cccc(Br)c1)c1ccc([C@H]2SCC(=O)N2CCc2ccccc2)cc1. The van der Waals surface area contributed by atoms with Crippen LogP contribution in [0.2, 0.25) is 0 Å². The number of nitrogens with one attached hydrogen (secondary N) is 1. The number of rotatable bonds is 7. The van der Waals surface area contributed by atoms with Crippen LogP contribution in [-0.4, -0.2) is 35.2 Å². The van der Waals surface area contributed by atoms with E-state index in [-0.39, 0.29) is 17.2 Å². The van der Waals surface area contributed by atoms with Crippen LogP contribution >= 0.6 is 27.7 Å². The van der Waals surface area contributed by atoms with Gasteiger partial charge in [-0.05, 0) is 47.4 Å². The van der Waals surface area contributed by atoms with E-state index in [1.54, 1.807) is 30.1 Å². The molecule has 0 aliphatic carbocycles. The first-order chi connectivity index (χ1) is 15.6. The lowest BCUT2D eigenvalue weighted by Crippen LogP contribution is -2.30. The summed E-state index contributed by atoms with van der Waals surface area (Å²) >= 11 is 5.03. The second-order valence-electron chi connectivity index (χ2n) is 7.36. The van der Waals surface area contributed by atoms with Crippen LogP contribution in [0.4, 0.5) is 0 Å². The zero-order valence-corrected chi connectivity index (χ0v) is 19.7. The molecule has 0 bridgehead atoms. The van der Waals surface area contributed by atoms with Crippen LogP contribution in [0.25, 0.3) is 0 Å². The van der Waals surface area contributed by atoms with Crippen molar-refractivity contribution >= 4 is 45.7 Å². The maximum atomic E-state index is 12.4. The van der Waals surface area contributed by atoms with Gasteiger partial charge >= 0.3 is 0 Å². The predicted octanol–water partition coefficient (Wildman–Crippen LogP) is 5.03. The van der Waals surface area contributed by atoms with Crippen LogP contribution in [0.5, 0.6) is 0 Å². The van der Waals surface area contributed by atoms with Gasteiger partial charge in [0.25, 0.3) is 5.91 Å². The summed E-state index contributed by atoms with van der Waals surface area (Å²) in [6.07, 6.45) is 2.42. The molecule has 0 aromatic heterocycles. The Morgan fingerprint density at radius 3 is 2.62 bits per heavy atom. The van der Waals surface area contributed by atoms with E-state index in [4.69, 9.17) is 0 Å². The zero-order chi connectivity index (χ0) is 22.3. The number of carbonyl (C=O) groups excluding carboxylic acids is 2. The molecule has 5 nitrogen and oxygen atoms in total. The van der Waals surface area contributed by atoms with Gasteiger partial charge in [0.05, 0.1) is 12.0 Å². The molecule has 0 spiro atoms. The molecule has 3 aromatic rings. The Bertz CT molecular complexity index is 1120. The van der Waals surface area contributed by atoms with Gasteiger partial charge in [-0.3, -0.25) is 9.59 Å². The van der Waals surface area contributed by atoms with Crippen LogP contribution < -0.4 is 5.43 Å². The summed E-state index contributed by atoms with van der Waals surface area (Å²) in [5.74, 6) is 0.352. The van der Waals surface area contributed by atoms with Crippen LogP contribution in [0.1, 0.15) is 32.4 Å². The van der Waals surface area contributed by atoms with E-state index in [2.05, 4.69) is 38.6 Å². The lowest BCUT2D eigenvalue weighted by molar-refractivity contribution is -0.128. The third kappa shape index (κ3) is 5.66. The van der Waals surface area contributed by atoms with Gasteiger partial charge in [-0.25, -0.2) is 5.43 Å². The molecule has 1 N–H and O–H groups in total. The number of amides is 2. The largest absolute Gasteiger partial charge is 0.326 e. The molecule has 0 unspecified atom stereocenters. The Morgan fingerprint density at radius 2 is 1.88 bits per heavy atom. The van der Waals surface area contributed by atoms with Crippen molar-refractivity contribution in [1.29, 1.82) is 0 Å². The zero-order valence-electron chi connectivity index (χ0n) is 17.3. The molecule has 1 aliphatic heterocycles. The summed E-state index contributed by atoms with van der Waals surface area (Å²) in [6, 6.07) is 25.2. The van der Waals surface area contributed by atoms with E-state index in [1.165, 1.54) is 5.56 Å². The Hall–Kier alpha value is -2.90. The number of hydrogen-bond acceptors (Lipinski definition) is 4. The first-order valence-electron chi connectivity index (χ1n) is 10.2. The van der Waals surface area contributed by atoms with Gasteiger partial charge in [-0.1, -0.05) is 70.5 Å². The highest BCUT2D eigenvalue weighted by Crippen LogP contribution is 2.38. The molecule has 162 valence electrons. The van der Waals surface area contributed by atoms with Gasteiger partial charge in [-0.2, -0.15) is 5.10 Å². The van der Waals surface area contributed by atoms with Crippen LogP contribution in [-0.2, 0) is 11.2 Å². The number of nitrogens with zero attached hydrogens (tertiary/aromatic N) is 2. The smallest absolute Gasteiger partial charge is 0.271 e. The molecule has 1 aliphatic rings. The van der Waals surface area contributed by atoms with Gasteiger partial charge in [0.1, 0.15) is 5.37 Å². The number of hydrogen-bond donors (Lipinski definition) is 1. The van der Waals surface area contributed by atoms with E-state index in [9.17, 15) is 9.59 Å². The standard InChI is InChI=1S/C25H22BrN3O2S/c26-22-8-4-7-19(15-22)16-27-28-24(31)20-9-11-21(12-10-20)25-29(23(30)17-32-25)14-13-18-5-2-1-3-6-18/h1-12,15-16,25H,13-14,17H2,(H,28,31)/b27-16-/t25-/m1/s1. The highest BCUT2D eigenvalue weighted by atomic mass is 79.9. The van der Waals surface area contributed by atoms with Gasteiger partial charge in [0.2, 0.25) is 5.91 Å². The van der Waals surface area contributed by atoms with Crippen molar-refractivity contribution in [3.63, 3.8) is 0 Å². The van der Waals surface area contributed by atoms with Crippen LogP contribution in [0, 0.1) is 0 Å². The summed E-state index contributed by atoms with van der Waals surface area (Å²) in [5, 5.41) is 4.00. The summed E-state index contributed by atoms with van der Waals surface area (Å²) in [5.41, 5.74) is 6.19. The number of hydrazone groups is 1. The van der Waals surface area contributed by atoms with E-state index in [0.717, 1.165) is 22.0 Å². The van der Waals surface area contributed by atoms with E-state index in [1.807, 2.05) is 59.5 Å². The fourth-order valence-electron chi connectivity index (χ4n) is 3.48. The molecular formula is C25H22BrN3O2S. The summed E-state index contributed by atoms with van der Waals surface area (Å²) in [4.78, 5) is 26.8. The van der Waals surface area contributed by atoms with Gasteiger partial charge < -0.3 is 4.90 Å². The molecule has 1 atom stereocenters. The quantitative estimate of drug-likeness (QED) is 0.360. The lowest BCUT2D eigenvalue weighted by atomic mass is 10.1. The molecular weight excluding hydrogens is 486 g/mol. The minimum absolute atomic E-state index is 0.0297. The van der Waals surface area contributed by atoms with Gasteiger partial charge in [0, 0.05) is 16.6 Å². The van der Waals surface area contributed by atoms with Crippen molar-refractivity contribution in [3.8, 4) is 0 Å². The molecule has 7 heteroatoms. The van der Waals surface area contributed by atoms with Crippen molar-refractivity contribution in [1.82, 2.24) is 10.3 Å². The van der Waals surface area contributed by atoms with Crippen molar-refractivity contribution in [2.24, 2.45) is 5.10 Å². The summed E-state index contributed by atoms with van der Waals surface area (Å²) in [6.45, 7) is 0.674. The normalized spacial score (nSPS) is 16.0. The van der Waals surface area contributed by atoms with Gasteiger partial charge in [0.15, 0.2) is 0 Å². The average Bonchev–Trinajstić information content (AvgIpc) is 3.18. The first-order valence-corrected chi connectivity index (χ1v) is 12.1. The number of benzene rings is 3. The molecule has 1 heterocycles. The molecule has 32 heavy (non-hydrogen) atoms. The second kappa shape index (κ2) is 10.6. The van der Waals surface area contributed by atoms with Gasteiger partial charge in [-0.15, -0.1) is 11.8 Å². The topological polar surface area (TPSA) is 61.8 Å². The average molecular weight is 508 g/mol. The highest BCUT2D eigenvalue weighted by molar-refractivity contribution is 9.10. The highest BCUT2D eigenvalue weighted by Gasteiger charge is 2.32. The summed E-state index contributed by atoms with van der Waals surface area (Å²) in [7, 11) is 0. The Kier molecular flexibility index (Phi) is 7.39. The maximum absolute atomic E-state index is 12.4. The molecule has 1 saturated heterocycles. The Morgan fingerprint density at radius 1 is 1.09 bits per heavy atom. The minimum Gasteiger partial charge on any atom is -0.326 e. The molecule has 4 rings (SSSR count). The van der Waals surface area contributed by atoms with Crippen molar-refractivity contribution < 1.29 is 9.59 Å². The minimum atomic E-state index is -0.279. The third-order valence-electron chi connectivity index (χ3n) is 5.14. The Balaban J connectivity index is 1.37. The molecule has 2 amide bonds. The van der Waals surface area contributed by atoms with E-state index in [0.29, 0.717) is 17.9 Å². The van der Waals surface area contributed by atoms with Crippen molar-refractivity contribution in [2.75, 3.05) is 12.3 Å². The van der Waals surface area contributed by atoms with Crippen LogP contribution in [0.15, 0.2) is 88.4 Å². The first kappa shape index (κ1) is 22.3. The lowest BCUT2D eigenvalue weighted by Gasteiger charge is -2.24. The van der Waals surface area contributed by atoms with E-state index < -0.39 is 0 Å². The third-order valence-corrected chi connectivity index (χ3v) is 6.89. The molecule has 0 radical (unpaired) electrons. The fourth-order valence-corrected chi connectivity index (χ4v) is 5.12. The van der Waals surface area contributed by atoms with E-state index >= 15 is 0 Å². The van der Waals surface area contributed by atoms with Crippen molar-refractivity contribution in [3.05, 3.63) is 106 Å². The number of thioether (sulfide) groups is 1. The van der Waals surface area contributed by atoms with Crippen LogP contribution in [0.3, 0.4) is 0 Å². The molecule has 3 aromatic carbocycles. The number of halogens is 1. The number of carbonyl (C=O) groups is 2. The predicted molar refractivity (Wildman–Crippen MR) is 133 cm³/mol. The molecule has 1 fully saturated rings. The van der Waals surface area contributed by atoms with Crippen molar-refractivity contribution in [2.45, 2.75) is 11.8 Å².